The number of rotatable bonds is 2. The highest BCUT2D eigenvalue weighted by Crippen LogP contribution is 2.18. The van der Waals surface area contributed by atoms with Gasteiger partial charge in [-0.1, -0.05) is 25.9 Å². The molecule has 0 fully saturated rings. The third-order valence-corrected chi connectivity index (χ3v) is 1.92. The molecule has 0 radical (unpaired) electrons. The van der Waals surface area contributed by atoms with Crippen molar-refractivity contribution in [3.05, 3.63) is 12.5 Å². The molecule has 1 unspecified atom stereocenters. The molecule has 1 amide bonds. The van der Waals surface area contributed by atoms with Gasteiger partial charge in [-0.15, -0.1) is 0 Å². The maximum atomic E-state index is 11.6. The Bertz CT molecular complexity index is 300. The van der Waals surface area contributed by atoms with Gasteiger partial charge in [0.05, 0.1) is 12.2 Å². The van der Waals surface area contributed by atoms with E-state index in [2.05, 4.69) is 15.0 Å². The van der Waals surface area contributed by atoms with E-state index in [1.807, 2.05) is 20.8 Å². The Balaban J connectivity index is 2.59. The summed E-state index contributed by atoms with van der Waals surface area (Å²) in [5, 5.41) is 6.07. The van der Waals surface area contributed by atoms with Gasteiger partial charge in [0.25, 0.3) is 0 Å². The molecule has 5 nitrogen and oxygen atoms in total. The lowest BCUT2D eigenvalue weighted by atomic mass is 9.87. The molecular weight excluding hydrogens is 182 g/mol. The standard InChI is InChI=1S/C9H15N3O2/c1-9(2,3)7(10)8(13)12-6-4-11-14-5-6/h4-5,7H,10H2,1-3H3,(H,12,13). The van der Waals surface area contributed by atoms with E-state index in [0.29, 0.717) is 5.69 Å². The van der Waals surface area contributed by atoms with Crippen molar-refractivity contribution in [2.75, 3.05) is 5.32 Å². The average Bonchev–Trinajstić information content (AvgIpc) is 2.53. The SMILES string of the molecule is CC(C)(C)C(N)C(=O)Nc1cnoc1. The minimum absolute atomic E-state index is 0.235. The summed E-state index contributed by atoms with van der Waals surface area (Å²) in [6.45, 7) is 5.72. The maximum Gasteiger partial charge on any atom is 0.241 e. The lowest BCUT2D eigenvalue weighted by Crippen LogP contribution is -2.45. The van der Waals surface area contributed by atoms with E-state index in [0.717, 1.165) is 0 Å². The highest BCUT2D eigenvalue weighted by atomic mass is 16.5. The van der Waals surface area contributed by atoms with Gasteiger partial charge in [-0.2, -0.15) is 0 Å². The van der Waals surface area contributed by atoms with Gasteiger partial charge in [0, 0.05) is 0 Å². The van der Waals surface area contributed by atoms with Crippen LogP contribution in [0.25, 0.3) is 0 Å². The second kappa shape index (κ2) is 3.79. The summed E-state index contributed by atoms with van der Waals surface area (Å²) in [4.78, 5) is 11.6. The molecule has 0 saturated heterocycles. The third-order valence-electron chi connectivity index (χ3n) is 1.92. The monoisotopic (exact) mass is 197 g/mol. The topological polar surface area (TPSA) is 81.2 Å². The fourth-order valence-electron chi connectivity index (χ4n) is 0.880. The number of aromatic nitrogens is 1. The number of hydrogen-bond acceptors (Lipinski definition) is 4. The largest absolute Gasteiger partial charge is 0.363 e. The first-order valence-electron chi connectivity index (χ1n) is 4.37. The van der Waals surface area contributed by atoms with Gasteiger partial charge in [-0.05, 0) is 5.41 Å². The van der Waals surface area contributed by atoms with E-state index in [1.165, 1.54) is 12.5 Å². The zero-order valence-corrected chi connectivity index (χ0v) is 8.57. The number of carbonyl (C=O) groups excluding carboxylic acids is 1. The van der Waals surface area contributed by atoms with Crippen LogP contribution in [0.1, 0.15) is 20.8 Å². The van der Waals surface area contributed by atoms with Gasteiger partial charge in [-0.3, -0.25) is 4.79 Å². The molecule has 0 spiro atoms. The Kier molecular flexibility index (Phi) is 2.90. The number of nitrogens with zero attached hydrogens (tertiary/aromatic N) is 1. The summed E-state index contributed by atoms with van der Waals surface area (Å²) in [7, 11) is 0. The molecule has 0 saturated carbocycles. The van der Waals surface area contributed by atoms with Gasteiger partial charge in [-0.25, -0.2) is 0 Å². The van der Waals surface area contributed by atoms with Crippen molar-refractivity contribution in [3.63, 3.8) is 0 Å². The van der Waals surface area contributed by atoms with Crippen LogP contribution in [-0.4, -0.2) is 17.1 Å². The van der Waals surface area contributed by atoms with Gasteiger partial charge in [0.2, 0.25) is 5.91 Å². The van der Waals surface area contributed by atoms with Crippen molar-refractivity contribution in [1.82, 2.24) is 5.16 Å². The minimum atomic E-state index is -0.558. The van der Waals surface area contributed by atoms with E-state index >= 15 is 0 Å². The number of nitrogens with one attached hydrogen (secondary N) is 1. The smallest absolute Gasteiger partial charge is 0.241 e. The van der Waals surface area contributed by atoms with E-state index in [1.54, 1.807) is 0 Å². The molecule has 1 rings (SSSR count). The van der Waals surface area contributed by atoms with Gasteiger partial charge < -0.3 is 15.6 Å². The summed E-state index contributed by atoms with van der Waals surface area (Å²) < 4.78 is 4.58. The third kappa shape index (κ3) is 2.56. The molecule has 14 heavy (non-hydrogen) atoms. The van der Waals surface area contributed by atoms with Crippen molar-refractivity contribution >= 4 is 11.6 Å². The molecule has 1 aromatic heterocycles. The molecule has 0 aliphatic heterocycles. The molecule has 0 aliphatic carbocycles. The number of carbonyl (C=O) groups is 1. The number of anilines is 1. The zero-order chi connectivity index (χ0) is 10.8. The van der Waals surface area contributed by atoms with Gasteiger partial charge in [0.1, 0.15) is 12.0 Å². The lowest BCUT2D eigenvalue weighted by molar-refractivity contribution is -0.119. The van der Waals surface area contributed by atoms with Crippen molar-refractivity contribution in [3.8, 4) is 0 Å². The van der Waals surface area contributed by atoms with E-state index in [4.69, 9.17) is 5.73 Å². The van der Waals surface area contributed by atoms with Crippen LogP contribution in [-0.2, 0) is 4.79 Å². The Morgan fingerprint density at radius 1 is 1.64 bits per heavy atom. The van der Waals surface area contributed by atoms with Crippen molar-refractivity contribution in [2.24, 2.45) is 11.1 Å². The number of nitrogens with two attached hydrogens (primary N) is 1. The van der Waals surface area contributed by atoms with Crippen LogP contribution in [0.5, 0.6) is 0 Å². The van der Waals surface area contributed by atoms with E-state index < -0.39 is 6.04 Å². The molecule has 1 heterocycles. The average molecular weight is 197 g/mol. The molecule has 5 heteroatoms. The molecular formula is C9H15N3O2. The first-order valence-corrected chi connectivity index (χ1v) is 4.37. The summed E-state index contributed by atoms with van der Waals surface area (Å²) in [6, 6.07) is -0.558. The Morgan fingerprint density at radius 3 is 2.71 bits per heavy atom. The second-order valence-electron chi connectivity index (χ2n) is 4.25. The predicted octanol–water partition coefficient (Wildman–Crippen LogP) is 0.986. The Hall–Kier alpha value is -1.36. The normalized spacial score (nSPS) is 13.7. The van der Waals surface area contributed by atoms with Crippen LogP contribution in [0.2, 0.25) is 0 Å². The maximum absolute atomic E-state index is 11.6. The quantitative estimate of drug-likeness (QED) is 0.740. The van der Waals surface area contributed by atoms with Crippen LogP contribution in [0.3, 0.4) is 0 Å². The second-order valence-corrected chi connectivity index (χ2v) is 4.25. The fourth-order valence-corrected chi connectivity index (χ4v) is 0.880. The van der Waals surface area contributed by atoms with E-state index in [-0.39, 0.29) is 11.3 Å². The van der Waals surface area contributed by atoms with Crippen LogP contribution >= 0.6 is 0 Å². The fraction of sp³-hybridized carbons (Fsp3) is 0.556. The zero-order valence-electron chi connectivity index (χ0n) is 8.57. The highest BCUT2D eigenvalue weighted by molar-refractivity contribution is 5.94. The molecule has 0 aliphatic rings. The molecule has 1 atom stereocenters. The Morgan fingerprint density at radius 2 is 2.29 bits per heavy atom. The molecule has 0 bridgehead atoms. The van der Waals surface area contributed by atoms with Crippen molar-refractivity contribution in [1.29, 1.82) is 0 Å². The number of hydrogen-bond donors (Lipinski definition) is 2. The summed E-state index contributed by atoms with van der Waals surface area (Å²) >= 11 is 0. The molecule has 0 aromatic carbocycles. The van der Waals surface area contributed by atoms with Crippen LogP contribution in [0, 0.1) is 5.41 Å². The first kappa shape index (κ1) is 10.7. The summed E-state index contributed by atoms with van der Waals surface area (Å²) in [5.41, 5.74) is 6.01. The van der Waals surface area contributed by atoms with Gasteiger partial charge in [0.15, 0.2) is 0 Å². The van der Waals surface area contributed by atoms with Crippen LogP contribution < -0.4 is 11.1 Å². The predicted molar refractivity (Wildman–Crippen MR) is 52.6 cm³/mol. The first-order chi connectivity index (χ1) is 6.41. The molecule has 3 N–H and O–H groups in total. The van der Waals surface area contributed by atoms with Crippen molar-refractivity contribution in [2.45, 2.75) is 26.8 Å². The Labute approximate surface area is 82.6 Å². The van der Waals surface area contributed by atoms with Crippen LogP contribution in [0.4, 0.5) is 5.69 Å². The lowest BCUT2D eigenvalue weighted by Gasteiger charge is -2.25. The number of amides is 1. The van der Waals surface area contributed by atoms with Crippen molar-refractivity contribution < 1.29 is 9.32 Å². The molecule has 1 aromatic rings. The summed E-state index contributed by atoms with van der Waals surface area (Å²) in [5.74, 6) is -0.235. The highest BCUT2D eigenvalue weighted by Gasteiger charge is 2.27. The van der Waals surface area contributed by atoms with Gasteiger partial charge >= 0.3 is 0 Å². The summed E-state index contributed by atoms with van der Waals surface area (Å²) in [6.07, 6.45) is 2.78. The minimum Gasteiger partial charge on any atom is -0.363 e. The molecule has 78 valence electrons. The van der Waals surface area contributed by atoms with Crippen LogP contribution in [0.15, 0.2) is 17.0 Å². The van der Waals surface area contributed by atoms with E-state index in [9.17, 15) is 4.79 Å².